The third kappa shape index (κ3) is 2.46. The molecule has 1 aromatic carbocycles. The van der Waals surface area contributed by atoms with Gasteiger partial charge in [-0.25, -0.2) is 9.79 Å². The van der Waals surface area contributed by atoms with Crippen molar-refractivity contribution in [3.8, 4) is 0 Å². The quantitative estimate of drug-likeness (QED) is 0.856. The summed E-state index contributed by atoms with van der Waals surface area (Å²) in [6.45, 7) is 3.06. The number of hydrogen-bond acceptors (Lipinski definition) is 7. The summed E-state index contributed by atoms with van der Waals surface area (Å²) >= 11 is 0. The monoisotopic (exact) mass is 352 g/mol. The molecule has 4 rings (SSSR count). The van der Waals surface area contributed by atoms with Gasteiger partial charge in [0.25, 0.3) is 5.91 Å². The first kappa shape index (κ1) is 16.1. The molecular weight excluding hydrogens is 336 g/mol. The minimum atomic E-state index is -0.525. The van der Waals surface area contributed by atoms with Gasteiger partial charge < -0.3 is 19.4 Å². The molecular formula is C18H16N4O4. The van der Waals surface area contributed by atoms with E-state index in [0.717, 1.165) is 0 Å². The van der Waals surface area contributed by atoms with Crippen molar-refractivity contribution >= 4 is 35.6 Å². The molecule has 0 saturated heterocycles. The fraction of sp³-hybridized carbons (Fsp3) is 0.222. The summed E-state index contributed by atoms with van der Waals surface area (Å²) < 4.78 is 10.4. The van der Waals surface area contributed by atoms with Gasteiger partial charge in [0.15, 0.2) is 0 Å². The van der Waals surface area contributed by atoms with Crippen molar-refractivity contribution < 1.29 is 18.7 Å². The highest BCUT2D eigenvalue weighted by molar-refractivity contribution is 6.20. The van der Waals surface area contributed by atoms with Crippen LogP contribution in [-0.2, 0) is 4.74 Å². The molecule has 3 heterocycles. The van der Waals surface area contributed by atoms with Crippen molar-refractivity contribution in [1.29, 1.82) is 0 Å². The number of nitrogens with one attached hydrogen (secondary N) is 1. The standard InChI is InChI=1S/C18H16N4O4/c1-10-13(14-15-19-7-8-22(15)9-20-17(14)26-10)16(23)21-12-6-4-3-5-11(12)18(24)25-2/h3-6,9H,7-8H2,1-2H3,(H,21,23). The summed E-state index contributed by atoms with van der Waals surface area (Å²) in [6.07, 6.45) is 1.66. The van der Waals surface area contributed by atoms with Gasteiger partial charge in [0.2, 0.25) is 5.88 Å². The van der Waals surface area contributed by atoms with Crippen LogP contribution in [-0.4, -0.2) is 49.1 Å². The van der Waals surface area contributed by atoms with Gasteiger partial charge in [-0.3, -0.25) is 9.79 Å². The summed E-state index contributed by atoms with van der Waals surface area (Å²) in [6, 6.07) is 6.66. The second kappa shape index (κ2) is 6.14. The lowest BCUT2D eigenvalue weighted by molar-refractivity contribution is 0.0602. The average molecular weight is 352 g/mol. The third-order valence-electron chi connectivity index (χ3n) is 4.29. The number of methoxy groups -OCH3 is 1. The van der Waals surface area contributed by atoms with E-state index in [1.54, 1.807) is 37.5 Å². The van der Waals surface area contributed by atoms with E-state index in [1.165, 1.54) is 7.11 Å². The van der Waals surface area contributed by atoms with Gasteiger partial charge in [0.1, 0.15) is 17.9 Å². The van der Waals surface area contributed by atoms with Crippen LogP contribution in [0.3, 0.4) is 0 Å². The molecule has 0 bridgehead atoms. The Morgan fingerprint density at radius 2 is 2.12 bits per heavy atom. The number of hydrogen-bond donors (Lipinski definition) is 1. The third-order valence-corrected chi connectivity index (χ3v) is 4.29. The van der Waals surface area contributed by atoms with E-state index in [9.17, 15) is 9.59 Å². The molecule has 0 spiro atoms. The molecule has 0 aliphatic carbocycles. The zero-order valence-electron chi connectivity index (χ0n) is 14.3. The van der Waals surface area contributed by atoms with Crippen molar-refractivity contribution in [2.45, 2.75) is 6.92 Å². The largest absolute Gasteiger partial charge is 0.465 e. The molecule has 0 saturated carbocycles. The Morgan fingerprint density at radius 3 is 2.92 bits per heavy atom. The van der Waals surface area contributed by atoms with Crippen molar-refractivity contribution in [2.24, 2.45) is 9.98 Å². The van der Waals surface area contributed by atoms with E-state index in [0.29, 0.717) is 47.4 Å². The number of aryl methyl sites for hydroxylation is 1. The molecule has 1 aromatic heterocycles. The Labute approximate surface area is 149 Å². The maximum atomic E-state index is 13.0. The molecule has 0 atom stereocenters. The minimum Gasteiger partial charge on any atom is -0.465 e. The number of esters is 1. The normalized spacial score (nSPS) is 14.5. The van der Waals surface area contributed by atoms with Crippen molar-refractivity contribution in [3.63, 3.8) is 0 Å². The first-order valence-electron chi connectivity index (χ1n) is 8.08. The molecule has 26 heavy (non-hydrogen) atoms. The first-order valence-corrected chi connectivity index (χ1v) is 8.08. The summed E-state index contributed by atoms with van der Waals surface area (Å²) in [5.41, 5.74) is 1.58. The number of benzene rings is 1. The molecule has 2 aliphatic heterocycles. The van der Waals surface area contributed by atoms with Crippen LogP contribution in [0.1, 0.15) is 32.0 Å². The topological polar surface area (TPSA) is 96.5 Å². The van der Waals surface area contributed by atoms with Crippen LogP contribution in [0.5, 0.6) is 0 Å². The van der Waals surface area contributed by atoms with Gasteiger partial charge in [-0.05, 0) is 19.1 Å². The van der Waals surface area contributed by atoms with E-state index in [2.05, 4.69) is 15.3 Å². The van der Waals surface area contributed by atoms with Crippen LogP contribution in [0.15, 0.2) is 38.7 Å². The molecule has 0 fully saturated rings. The predicted octanol–water partition coefficient (Wildman–Crippen LogP) is 2.36. The second-order valence-electron chi connectivity index (χ2n) is 5.85. The maximum Gasteiger partial charge on any atom is 0.339 e. The maximum absolute atomic E-state index is 13.0. The van der Waals surface area contributed by atoms with Crippen LogP contribution in [0.4, 0.5) is 11.6 Å². The molecule has 132 valence electrons. The van der Waals surface area contributed by atoms with Crippen LogP contribution in [0.2, 0.25) is 0 Å². The van der Waals surface area contributed by atoms with Crippen LogP contribution >= 0.6 is 0 Å². The highest BCUT2D eigenvalue weighted by atomic mass is 16.5. The number of ether oxygens (including phenoxy) is 1. The van der Waals surface area contributed by atoms with Gasteiger partial charge in [-0.15, -0.1) is 0 Å². The lowest BCUT2D eigenvalue weighted by atomic mass is 10.1. The molecule has 0 unspecified atom stereocenters. The highest BCUT2D eigenvalue weighted by Crippen LogP contribution is 2.34. The van der Waals surface area contributed by atoms with Crippen molar-refractivity contribution in [3.05, 3.63) is 46.7 Å². The Bertz CT molecular complexity index is 974. The average Bonchev–Trinajstić information content (AvgIpc) is 3.24. The molecule has 0 radical (unpaired) electrons. The predicted molar refractivity (Wildman–Crippen MR) is 95.4 cm³/mol. The molecule has 1 amide bonds. The number of fused-ring (bicyclic) bond motifs is 3. The number of rotatable bonds is 3. The number of furan rings is 1. The number of aliphatic imine (C=N–C) groups is 2. The molecule has 2 aliphatic rings. The summed E-state index contributed by atoms with van der Waals surface area (Å²) in [7, 11) is 1.29. The van der Waals surface area contributed by atoms with Crippen LogP contribution in [0.25, 0.3) is 0 Å². The van der Waals surface area contributed by atoms with Crippen molar-refractivity contribution in [1.82, 2.24) is 4.90 Å². The molecule has 1 N–H and O–H groups in total. The molecule has 8 nitrogen and oxygen atoms in total. The molecule has 2 aromatic rings. The van der Waals surface area contributed by atoms with Gasteiger partial charge in [0.05, 0.1) is 36.0 Å². The number of carbonyl (C=O) groups excluding carboxylic acids is 2. The Kier molecular flexibility index (Phi) is 3.80. The zero-order valence-corrected chi connectivity index (χ0v) is 14.3. The van der Waals surface area contributed by atoms with E-state index in [4.69, 9.17) is 9.15 Å². The van der Waals surface area contributed by atoms with Crippen molar-refractivity contribution in [2.75, 3.05) is 25.5 Å². The highest BCUT2D eigenvalue weighted by Gasteiger charge is 2.33. The van der Waals surface area contributed by atoms with Gasteiger partial charge in [-0.2, -0.15) is 0 Å². The number of anilines is 1. The summed E-state index contributed by atoms with van der Waals surface area (Å²) in [4.78, 5) is 35.5. The first-order chi connectivity index (χ1) is 12.6. The van der Waals surface area contributed by atoms with Gasteiger partial charge >= 0.3 is 5.97 Å². The van der Waals surface area contributed by atoms with Crippen LogP contribution in [0, 0.1) is 6.92 Å². The van der Waals surface area contributed by atoms with Gasteiger partial charge in [-0.1, -0.05) is 12.1 Å². The number of nitrogens with zero attached hydrogens (tertiary/aromatic N) is 3. The van der Waals surface area contributed by atoms with Crippen LogP contribution < -0.4 is 5.32 Å². The number of para-hydroxylation sites is 1. The number of amides is 1. The lowest BCUT2D eigenvalue weighted by Crippen LogP contribution is -2.30. The Morgan fingerprint density at radius 1 is 1.31 bits per heavy atom. The zero-order chi connectivity index (χ0) is 18.3. The fourth-order valence-electron chi connectivity index (χ4n) is 3.08. The SMILES string of the molecule is COC(=O)c1ccccc1NC(=O)c1c(C)oc2c1C1=NCCN1C=N2. The van der Waals surface area contributed by atoms with E-state index in [-0.39, 0.29) is 5.56 Å². The second-order valence-corrected chi connectivity index (χ2v) is 5.85. The summed E-state index contributed by atoms with van der Waals surface area (Å²) in [5, 5.41) is 2.77. The Balaban J connectivity index is 1.73. The Hall–Kier alpha value is -3.42. The fourth-order valence-corrected chi connectivity index (χ4v) is 3.08. The van der Waals surface area contributed by atoms with E-state index in [1.807, 2.05) is 4.90 Å². The smallest absolute Gasteiger partial charge is 0.339 e. The van der Waals surface area contributed by atoms with E-state index < -0.39 is 11.9 Å². The summed E-state index contributed by atoms with van der Waals surface area (Å²) in [5.74, 6) is 0.569. The lowest BCUT2D eigenvalue weighted by Gasteiger charge is -2.18. The number of carbonyl (C=O) groups is 2. The number of amidine groups is 1. The minimum absolute atomic E-state index is 0.274. The van der Waals surface area contributed by atoms with Gasteiger partial charge in [0, 0.05) is 6.54 Å². The molecule has 8 heteroatoms. The van der Waals surface area contributed by atoms with E-state index >= 15 is 0 Å².